The molecule has 0 atom stereocenters. The highest BCUT2D eigenvalue weighted by Gasteiger charge is 2.25. The molecule has 0 saturated heterocycles. The Balaban J connectivity index is 0.000000948. The van der Waals surface area contributed by atoms with Crippen LogP contribution in [-0.2, 0) is 13.0 Å². The lowest BCUT2D eigenvalue weighted by molar-refractivity contribution is 0.111. The van der Waals surface area contributed by atoms with E-state index in [0.29, 0.717) is 11.4 Å². The number of aldehydes is 1. The molecule has 2 aromatic heterocycles. The van der Waals surface area contributed by atoms with Gasteiger partial charge in [-0.05, 0) is 41.6 Å². The Hall–Kier alpha value is -2.57. The number of rotatable bonds is 4. The van der Waals surface area contributed by atoms with Gasteiger partial charge in [0.2, 0.25) is 0 Å². The molecule has 1 aliphatic heterocycles. The number of hydrogen-bond donors (Lipinski definition) is 1. The van der Waals surface area contributed by atoms with Gasteiger partial charge in [0, 0.05) is 29.7 Å². The van der Waals surface area contributed by atoms with E-state index in [1.807, 2.05) is 24.3 Å². The van der Waals surface area contributed by atoms with Gasteiger partial charge in [0.15, 0.2) is 17.8 Å². The number of aliphatic hydroxyl groups is 1. The van der Waals surface area contributed by atoms with Gasteiger partial charge in [0.25, 0.3) is 0 Å². The molecule has 1 N–H and O–H groups in total. The van der Waals surface area contributed by atoms with Crippen molar-refractivity contribution in [2.24, 2.45) is 0 Å². The van der Waals surface area contributed by atoms with Crippen molar-refractivity contribution in [2.45, 2.75) is 13.0 Å². The van der Waals surface area contributed by atoms with E-state index >= 15 is 0 Å². The molecule has 0 saturated carbocycles. The van der Waals surface area contributed by atoms with Crippen LogP contribution in [0, 0.1) is 0 Å². The summed E-state index contributed by atoms with van der Waals surface area (Å²) in [4.78, 5) is 12.7. The van der Waals surface area contributed by atoms with Crippen molar-refractivity contribution in [3.05, 3.63) is 47.0 Å². The van der Waals surface area contributed by atoms with Gasteiger partial charge in [-0.2, -0.15) is 0 Å². The van der Waals surface area contributed by atoms with Crippen molar-refractivity contribution in [1.82, 2.24) is 4.57 Å². The van der Waals surface area contributed by atoms with Crippen LogP contribution in [-0.4, -0.2) is 37.3 Å². The van der Waals surface area contributed by atoms with E-state index in [0.717, 1.165) is 53.8 Å². The lowest BCUT2D eigenvalue weighted by Crippen LogP contribution is -2.13. The summed E-state index contributed by atoms with van der Waals surface area (Å²) in [5.74, 6) is 1.44. The molecule has 3 heterocycles. The maximum absolute atomic E-state index is 11.5. The smallest absolute Gasteiger partial charge is 0.166 e. The molecule has 0 bridgehead atoms. The second-order valence-electron chi connectivity index (χ2n) is 5.69. The lowest BCUT2D eigenvalue weighted by Gasteiger charge is -2.23. The Labute approximate surface area is 156 Å². The fraction of sp³-hybridized carbons (Fsp3) is 0.250. The van der Waals surface area contributed by atoms with Crippen LogP contribution < -0.4 is 9.47 Å². The van der Waals surface area contributed by atoms with Crippen LogP contribution in [0.4, 0.5) is 0 Å². The standard InChI is InChI=1S/C19H17NO3S.CH4O/c1-22-16-8-12-5-6-20-13(11-21)9-15(18-4-3-7-24-18)19(20)14(12)10-17(16)23-2;1-2/h3-4,7-11H,5-6H2,1-2H3;2H,1H3. The van der Waals surface area contributed by atoms with E-state index in [4.69, 9.17) is 14.6 Å². The lowest BCUT2D eigenvalue weighted by atomic mass is 9.95. The molecule has 26 heavy (non-hydrogen) atoms. The van der Waals surface area contributed by atoms with Crippen LogP contribution in [0.3, 0.4) is 0 Å². The molecule has 0 amide bonds. The predicted octanol–water partition coefficient (Wildman–Crippen LogP) is 3.88. The van der Waals surface area contributed by atoms with Gasteiger partial charge >= 0.3 is 0 Å². The normalized spacial score (nSPS) is 11.7. The summed E-state index contributed by atoms with van der Waals surface area (Å²) >= 11 is 1.68. The Morgan fingerprint density at radius 2 is 1.85 bits per heavy atom. The number of methoxy groups -OCH3 is 2. The summed E-state index contributed by atoms with van der Waals surface area (Å²) < 4.78 is 13.0. The minimum Gasteiger partial charge on any atom is -0.493 e. The highest BCUT2D eigenvalue weighted by atomic mass is 32.1. The Morgan fingerprint density at radius 1 is 1.12 bits per heavy atom. The highest BCUT2D eigenvalue weighted by molar-refractivity contribution is 7.13. The maximum atomic E-state index is 11.5. The summed E-state index contributed by atoms with van der Waals surface area (Å²) in [5.41, 5.74) is 5.22. The van der Waals surface area contributed by atoms with E-state index in [1.54, 1.807) is 25.6 Å². The molecule has 0 radical (unpaired) electrons. The van der Waals surface area contributed by atoms with Crippen molar-refractivity contribution in [3.8, 4) is 33.2 Å². The van der Waals surface area contributed by atoms with E-state index in [9.17, 15) is 4.79 Å². The van der Waals surface area contributed by atoms with Crippen molar-refractivity contribution < 1.29 is 19.4 Å². The molecule has 1 aliphatic rings. The van der Waals surface area contributed by atoms with Crippen LogP contribution in [0.15, 0.2) is 35.7 Å². The van der Waals surface area contributed by atoms with Crippen LogP contribution in [0.2, 0.25) is 0 Å². The zero-order chi connectivity index (χ0) is 18.7. The van der Waals surface area contributed by atoms with Gasteiger partial charge in [-0.15, -0.1) is 11.3 Å². The Kier molecular flexibility index (Phi) is 5.44. The van der Waals surface area contributed by atoms with Gasteiger partial charge in [0.1, 0.15) is 0 Å². The van der Waals surface area contributed by atoms with Crippen molar-refractivity contribution in [1.29, 1.82) is 0 Å². The molecule has 136 valence electrons. The predicted molar refractivity (Wildman–Crippen MR) is 104 cm³/mol. The number of carbonyl (C=O) groups excluding carboxylic acids is 1. The van der Waals surface area contributed by atoms with E-state index < -0.39 is 0 Å². The van der Waals surface area contributed by atoms with Crippen LogP contribution >= 0.6 is 11.3 Å². The maximum Gasteiger partial charge on any atom is 0.166 e. The van der Waals surface area contributed by atoms with Crippen molar-refractivity contribution in [3.63, 3.8) is 0 Å². The fourth-order valence-electron chi connectivity index (χ4n) is 3.40. The zero-order valence-corrected chi connectivity index (χ0v) is 15.8. The quantitative estimate of drug-likeness (QED) is 0.707. The van der Waals surface area contributed by atoms with Crippen LogP contribution in [0.25, 0.3) is 21.7 Å². The summed E-state index contributed by atoms with van der Waals surface area (Å²) in [6.45, 7) is 0.789. The minimum atomic E-state index is 0.704. The molecule has 6 heteroatoms. The third kappa shape index (κ3) is 2.91. The monoisotopic (exact) mass is 371 g/mol. The number of thiophene rings is 1. The second kappa shape index (κ2) is 7.76. The average molecular weight is 371 g/mol. The Bertz CT molecular complexity index is 913. The molecule has 1 aromatic carbocycles. The SMILES string of the molecule is CO.COc1cc2c(cc1OC)-c1c(-c3cccs3)cc(C=O)n1CC2. The molecule has 5 nitrogen and oxygen atoms in total. The summed E-state index contributed by atoms with van der Waals surface area (Å²) in [5, 5.41) is 9.05. The molecule has 0 spiro atoms. The zero-order valence-electron chi connectivity index (χ0n) is 15.0. The first-order chi connectivity index (χ1) is 12.8. The number of aliphatic hydroxyl groups excluding tert-OH is 1. The summed E-state index contributed by atoms with van der Waals surface area (Å²) in [6, 6.07) is 10.2. The summed E-state index contributed by atoms with van der Waals surface area (Å²) in [6.07, 6.45) is 1.80. The molecular weight excluding hydrogens is 350 g/mol. The topological polar surface area (TPSA) is 60.7 Å². The van der Waals surface area contributed by atoms with E-state index in [-0.39, 0.29) is 0 Å². The van der Waals surface area contributed by atoms with Gasteiger partial charge in [-0.25, -0.2) is 0 Å². The van der Waals surface area contributed by atoms with Crippen molar-refractivity contribution >= 4 is 17.6 Å². The van der Waals surface area contributed by atoms with Gasteiger partial charge in [0.05, 0.1) is 25.6 Å². The number of aromatic nitrogens is 1. The molecular formula is C20H21NO4S. The fourth-order valence-corrected chi connectivity index (χ4v) is 4.14. The van der Waals surface area contributed by atoms with Gasteiger partial charge in [-0.3, -0.25) is 4.79 Å². The number of nitrogens with zero attached hydrogens (tertiary/aromatic N) is 1. The third-order valence-corrected chi connectivity index (χ3v) is 5.41. The molecule has 0 aliphatic carbocycles. The molecule has 4 rings (SSSR count). The number of fused-ring (bicyclic) bond motifs is 3. The van der Waals surface area contributed by atoms with E-state index in [2.05, 4.69) is 16.0 Å². The van der Waals surface area contributed by atoms with Crippen LogP contribution in [0.5, 0.6) is 11.5 Å². The number of benzene rings is 1. The van der Waals surface area contributed by atoms with Gasteiger partial charge < -0.3 is 19.1 Å². The van der Waals surface area contributed by atoms with Crippen LogP contribution in [0.1, 0.15) is 16.1 Å². The largest absolute Gasteiger partial charge is 0.493 e. The second-order valence-corrected chi connectivity index (χ2v) is 6.64. The summed E-state index contributed by atoms with van der Waals surface area (Å²) in [7, 11) is 4.29. The number of ether oxygens (including phenoxy) is 2. The van der Waals surface area contributed by atoms with Gasteiger partial charge in [-0.1, -0.05) is 6.07 Å². The van der Waals surface area contributed by atoms with E-state index in [1.165, 1.54) is 5.56 Å². The average Bonchev–Trinajstić information content (AvgIpc) is 3.35. The molecule has 3 aromatic rings. The first kappa shape index (κ1) is 18.2. The molecule has 0 fully saturated rings. The molecule has 0 unspecified atom stereocenters. The Morgan fingerprint density at radius 3 is 2.46 bits per heavy atom. The minimum absolute atomic E-state index is 0.704. The highest BCUT2D eigenvalue weighted by Crippen LogP contribution is 2.44. The third-order valence-electron chi connectivity index (χ3n) is 4.51. The first-order valence-electron chi connectivity index (χ1n) is 8.19. The number of hydrogen-bond acceptors (Lipinski definition) is 5. The number of carbonyl (C=O) groups is 1. The van der Waals surface area contributed by atoms with Crippen molar-refractivity contribution in [2.75, 3.05) is 21.3 Å². The first-order valence-corrected chi connectivity index (χ1v) is 9.07. The number of aryl methyl sites for hydroxylation is 1.